The van der Waals surface area contributed by atoms with E-state index in [-0.39, 0.29) is 11.7 Å². The molecular weight excluding hydrogens is 319 g/mol. The average molecular weight is 340 g/mol. The SMILES string of the molecule is CCc1ccc(C(C)=CC(=O)NCCc2c[nH]c3ccc(F)cc23)o1. The summed E-state index contributed by atoms with van der Waals surface area (Å²) in [6, 6.07) is 8.44. The molecule has 0 aliphatic rings. The second-order valence-corrected chi connectivity index (χ2v) is 5.99. The fraction of sp³-hybridized carbons (Fsp3) is 0.250. The Kier molecular flexibility index (Phi) is 5.03. The highest BCUT2D eigenvalue weighted by Crippen LogP contribution is 2.20. The summed E-state index contributed by atoms with van der Waals surface area (Å²) in [5, 5.41) is 3.71. The number of furan rings is 1. The van der Waals surface area contributed by atoms with Crippen LogP contribution in [-0.4, -0.2) is 17.4 Å². The molecule has 0 saturated carbocycles. The van der Waals surface area contributed by atoms with Crippen molar-refractivity contribution in [2.75, 3.05) is 6.54 Å². The molecule has 0 bridgehead atoms. The van der Waals surface area contributed by atoms with Gasteiger partial charge in [0, 0.05) is 36.1 Å². The lowest BCUT2D eigenvalue weighted by Crippen LogP contribution is -2.23. The van der Waals surface area contributed by atoms with Crippen molar-refractivity contribution in [3.05, 3.63) is 65.5 Å². The molecule has 3 rings (SSSR count). The van der Waals surface area contributed by atoms with E-state index in [4.69, 9.17) is 4.42 Å². The molecule has 0 aliphatic heterocycles. The number of carbonyl (C=O) groups is 1. The molecule has 4 nitrogen and oxygen atoms in total. The normalized spacial score (nSPS) is 11.9. The van der Waals surface area contributed by atoms with E-state index in [0.717, 1.165) is 34.2 Å². The molecule has 0 saturated heterocycles. The average Bonchev–Trinajstić information content (AvgIpc) is 3.22. The Labute approximate surface area is 145 Å². The number of aryl methyl sites for hydroxylation is 1. The van der Waals surface area contributed by atoms with Gasteiger partial charge in [-0.2, -0.15) is 0 Å². The van der Waals surface area contributed by atoms with Crippen LogP contribution in [0.3, 0.4) is 0 Å². The first kappa shape index (κ1) is 17.0. The van der Waals surface area contributed by atoms with Crippen LogP contribution in [-0.2, 0) is 17.6 Å². The van der Waals surface area contributed by atoms with Crippen LogP contribution in [0.5, 0.6) is 0 Å². The minimum Gasteiger partial charge on any atom is -0.461 e. The van der Waals surface area contributed by atoms with E-state index in [1.54, 1.807) is 6.07 Å². The largest absolute Gasteiger partial charge is 0.461 e. The number of hydrogen-bond acceptors (Lipinski definition) is 2. The summed E-state index contributed by atoms with van der Waals surface area (Å²) in [4.78, 5) is 15.2. The van der Waals surface area contributed by atoms with Gasteiger partial charge < -0.3 is 14.7 Å². The Morgan fingerprint density at radius 2 is 2.16 bits per heavy atom. The lowest BCUT2D eigenvalue weighted by molar-refractivity contribution is -0.116. The van der Waals surface area contributed by atoms with Gasteiger partial charge in [0.25, 0.3) is 0 Å². The molecule has 3 aromatic rings. The number of benzene rings is 1. The van der Waals surface area contributed by atoms with E-state index in [1.165, 1.54) is 18.2 Å². The highest BCUT2D eigenvalue weighted by atomic mass is 19.1. The van der Waals surface area contributed by atoms with Gasteiger partial charge in [-0.3, -0.25) is 4.79 Å². The summed E-state index contributed by atoms with van der Waals surface area (Å²) >= 11 is 0. The molecule has 0 fully saturated rings. The van der Waals surface area contributed by atoms with Crippen molar-refractivity contribution in [2.45, 2.75) is 26.7 Å². The maximum absolute atomic E-state index is 13.4. The molecule has 2 aromatic heterocycles. The first-order chi connectivity index (χ1) is 12.1. The van der Waals surface area contributed by atoms with E-state index in [9.17, 15) is 9.18 Å². The van der Waals surface area contributed by atoms with E-state index in [0.29, 0.717) is 18.7 Å². The topological polar surface area (TPSA) is 58.0 Å². The van der Waals surface area contributed by atoms with Gasteiger partial charge in [-0.15, -0.1) is 0 Å². The van der Waals surface area contributed by atoms with Crippen molar-refractivity contribution in [1.29, 1.82) is 0 Å². The number of H-pyrrole nitrogens is 1. The van der Waals surface area contributed by atoms with Crippen LogP contribution in [0.4, 0.5) is 4.39 Å². The first-order valence-electron chi connectivity index (χ1n) is 8.37. The van der Waals surface area contributed by atoms with Gasteiger partial charge in [0.1, 0.15) is 17.3 Å². The standard InChI is InChI=1S/C20H21FN2O2/c1-3-16-5-7-19(25-16)13(2)10-20(24)22-9-8-14-12-23-18-6-4-15(21)11-17(14)18/h4-7,10-12,23H,3,8-9H2,1-2H3,(H,22,24). The van der Waals surface area contributed by atoms with Crippen molar-refractivity contribution in [3.8, 4) is 0 Å². The number of aromatic nitrogens is 1. The summed E-state index contributed by atoms with van der Waals surface area (Å²) < 4.78 is 19.0. The predicted molar refractivity (Wildman–Crippen MR) is 96.7 cm³/mol. The molecule has 2 N–H and O–H groups in total. The third-order valence-corrected chi connectivity index (χ3v) is 4.17. The lowest BCUT2D eigenvalue weighted by atomic mass is 10.1. The second kappa shape index (κ2) is 7.38. The predicted octanol–water partition coefficient (Wildman–Crippen LogP) is 4.22. The number of carbonyl (C=O) groups excluding carboxylic acids is 1. The van der Waals surface area contributed by atoms with Crippen molar-refractivity contribution >= 4 is 22.4 Å². The molecule has 130 valence electrons. The molecule has 1 amide bonds. The maximum atomic E-state index is 13.4. The van der Waals surface area contributed by atoms with Crippen LogP contribution in [0.1, 0.15) is 30.9 Å². The van der Waals surface area contributed by atoms with Crippen molar-refractivity contribution in [1.82, 2.24) is 10.3 Å². The van der Waals surface area contributed by atoms with Gasteiger partial charge in [0.05, 0.1) is 0 Å². The zero-order valence-corrected chi connectivity index (χ0v) is 14.4. The molecule has 0 aliphatic carbocycles. The van der Waals surface area contributed by atoms with Gasteiger partial charge in [-0.25, -0.2) is 4.39 Å². The van der Waals surface area contributed by atoms with Crippen molar-refractivity contribution < 1.29 is 13.6 Å². The molecule has 0 unspecified atom stereocenters. The summed E-state index contributed by atoms with van der Waals surface area (Å²) in [5.74, 6) is 1.17. The van der Waals surface area contributed by atoms with E-state index in [2.05, 4.69) is 10.3 Å². The fourth-order valence-corrected chi connectivity index (χ4v) is 2.78. The number of nitrogens with one attached hydrogen (secondary N) is 2. The summed E-state index contributed by atoms with van der Waals surface area (Å²) in [7, 11) is 0. The Morgan fingerprint density at radius 1 is 1.32 bits per heavy atom. The third kappa shape index (κ3) is 3.99. The maximum Gasteiger partial charge on any atom is 0.244 e. The van der Waals surface area contributed by atoms with Crippen LogP contribution in [0.15, 0.2) is 47.0 Å². The Hall–Kier alpha value is -2.82. The fourth-order valence-electron chi connectivity index (χ4n) is 2.78. The van der Waals surface area contributed by atoms with Crippen LogP contribution < -0.4 is 5.32 Å². The number of halogens is 1. The van der Waals surface area contributed by atoms with Crippen LogP contribution >= 0.6 is 0 Å². The summed E-state index contributed by atoms with van der Waals surface area (Å²) in [6.45, 7) is 4.34. The van der Waals surface area contributed by atoms with Gasteiger partial charge in [-0.05, 0) is 54.8 Å². The van der Waals surface area contributed by atoms with Gasteiger partial charge in [0.15, 0.2) is 0 Å². The first-order valence-corrected chi connectivity index (χ1v) is 8.37. The number of fused-ring (bicyclic) bond motifs is 1. The zero-order chi connectivity index (χ0) is 17.8. The minimum absolute atomic E-state index is 0.169. The number of aromatic amines is 1. The summed E-state index contributed by atoms with van der Waals surface area (Å²) in [5.41, 5.74) is 2.66. The summed E-state index contributed by atoms with van der Waals surface area (Å²) in [6.07, 6.45) is 4.84. The molecule has 0 radical (unpaired) electrons. The highest BCUT2D eigenvalue weighted by molar-refractivity contribution is 5.94. The Bertz CT molecular complexity index is 921. The number of amides is 1. The van der Waals surface area contributed by atoms with E-state index in [1.807, 2.05) is 32.2 Å². The van der Waals surface area contributed by atoms with Crippen molar-refractivity contribution in [2.24, 2.45) is 0 Å². The molecule has 1 aromatic carbocycles. The lowest BCUT2D eigenvalue weighted by Gasteiger charge is -2.03. The Balaban J connectivity index is 1.58. The molecule has 5 heteroatoms. The van der Waals surface area contributed by atoms with Gasteiger partial charge in [-0.1, -0.05) is 6.92 Å². The molecule has 25 heavy (non-hydrogen) atoms. The number of allylic oxidation sites excluding steroid dienone is 1. The monoisotopic (exact) mass is 340 g/mol. The number of rotatable bonds is 6. The van der Waals surface area contributed by atoms with Gasteiger partial charge >= 0.3 is 0 Å². The minimum atomic E-state index is -0.263. The second-order valence-electron chi connectivity index (χ2n) is 5.99. The molecule has 2 heterocycles. The van der Waals surface area contributed by atoms with Crippen LogP contribution in [0.2, 0.25) is 0 Å². The molecular formula is C20H21FN2O2. The smallest absolute Gasteiger partial charge is 0.244 e. The van der Waals surface area contributed by atoms with Gasteiger partial charge in [0.2, 0.25) is 5.91 Å². The molecule has 0 spiro atoms. The molecule has 0 atom stereocenters. The highest BCUT2D eigenvalue weighted by Gasteiger charge is 2.07. The van der Waals surface area contributed by atoms with Crippen molar-refractivity contribution in [3.63, 3.8) is 0 Å². The number of hydrogen-bond donors (Lipinski definition) is 2. The third-order valence-electron chi connectivity index (χ3n) is 4.17. The zero-order valence-electron chi connectivity index (χ0n) is 14.4. The van der Waals surface area contributed by atoms with E-state index >= 15 is 0 Å². The quantitative estimate of drug-likeness (QED) is 0.660. The van der Waals surface area contributed by atoms with Crippen LogP contribution in [0.25, 0.3) is 16.5 Å². The van der Waals surface area contributed by atoms with E-state index < -0.39 is 0 Å². The Morgan fingerprint density at radius 3 is 2.92 bits per heavy atom. The van der Waals surface area contributed by atoms with Crippen LogP contribution in [0, 0.1) is 5.82 Å².